The van der Waals surface area contributed by atoms with E-state index in [-0.39, 0.29) is 17.3 Å². The van der Waals surface area contributed by atoms with E-state index in [0.29, 0.717) is 0 Å². The molecule has 0 saturated carbocycles. The van der Waals surface area contributed by atoms with E-state index in [9.17, 15) is 0 Å². The average molecular weight is 189 g/mol. The van der Waals surface area contributed by atoms with Crippen LogP contribution in [0.1, 0.15) is 31.8 Å². The Hall–Kier alpha value is -2.14. The Morgan fingerprint density at radius 2 is 1.86 bits per heavy atom. The van der Waals surface area contributed by atoms with E-state index in [4.69, 9.17) is 16.3 Å². The Morgan fingerprint density at radius 3 is 2.29 bits per heavy atom. The molecule has 14 heavy (non-hydrogen) atoms. The number of nitrogens with zero attached hydrogens (tertiary/aromatic N) is 4. The molecule has 5 nitrogen and oxygen atoms in total. The molecule has 0 aliphatic heterocycles. The molecule has 5 heteroatoms. The van der Waals surface area contributed by atoms with Crippen molar-refractivity contribution in [3.8, 4) is 12.1 Å². The largest absolute Gasteiger partial charge is 0.384 e. The van der Waals surface area contributed by atoms with Crippen LogP contribution in [0, 0.1) is 22.7 Å². The maximum Gasteiger partial charge on any atom is 0.235 e. The monoisotopic (exact) mass is 189 g/mol. The van der Waals surface area contributed by atoms with Gasteiger partial charge in [-0.2, -0.15) is 10.5 Å². The van der Waals surface area contributed by atoms with Crippen LogP contribution in [0.15, 0.2) is 6.07 Å². The molecule has 0 spiro atoms. The first kappa shape index (κ1) is 11.9. The Morgan fingerprint density at radius 1 is 1.29 bits per heavy atom. The molecule has 0 aliphatic rings. The number of hydrogen-bond acceptors (Lipinski definition) is 5. The first-order chi connectivity index (χ1) is 6.67. The maximum atomic E-state index is 8.38. The molecule has 2 N–H and O–H groups in total. The van der Waals surface area contributed by atoms with Gasteiger partial charge in [-0.05, 0) is 0 Å². The van der Waals surface area contributed by atoms with Gasteiger partial charge in [-0.25, -0.2) is 9.97 Å². The van der Waals surface area contributed by atoms with Crippen molar-refractivity contribution in [1.29, 1.82) is 10.5 Å². The fraction of sp³-hybridized carbons (Fsp3) is 0.333. The fourth-order valence-corrected chi connectivity index (χ4v) is 0.573. The summed E-state index contributed by atoms with van der Waals surface area (Å²) in [5.41, 5.74) is 5.36. The lowest BCUT2D eigenvalue weighted by Gasteiger charge is -1.91. The van der Waals surface area contributed by atoms with Gasteiger partial charge >= 0.3 is 0 Å². The van der Waals surface area contributed by atoms with Crippen molar-refractivity contribution < 1.29 is 0 Å². The SMILES string of the molecule is CCC.N#Cc1cc(N)nc(C#N)n1. The standard InChI is InChI=1S/C6H3N5.C3H8/c7-2-4-1-5(9)11-6(3-8)10-4;1-3-2/h1H,(H2,9,10,11);3H2,1-2H3. The summed E-state index contributed by atoms with van der Waals surface area (Å²) in [6.45, 7) is 4.25. The van der Waals surface area contributed by atoms with Gasteiger partial charge in [0.05, 0.1) is 0 Å². The molecule has 0 saturated heterocycles. The van der Waals surface area contributed by atoms with Gasteiger partial charge in [0.25, 0.3) is 0 Å². The molecule has 0 atom stereocenters. The van der Waals surface area contributed by atoms with Crippen molar-refractivity contribution in [2.75, 3.05) is 5.73 Å². The van der Waals surface area contributed by atoms with Crippen LogP contribution < -0.4 is 5.73 Å². The quantitative estimate of drug-likeness (QED) is 0.661. The van der Waals surface area contributed by atoms with E-state index in [1.807, 2.05) is 0 Å². The number of rotatable bonds is 0. The normalized spacial score (nSPS) is 7.71. The zero-order chi connectivity index (χ0) is 11.0. The lowest BCUT2D eigenvalue weighted by atomic mass is 10.4. The smallest absolute Gasteiger partial charge is 0.235 e. The number of nitriles is 2. The van der Waals surface area contributed by atoms with Crippen LogP contribution >= 0.6 is 0 Å². The summed E-state index contributed by atoms with van der Waals surface area (Å²) < 4.78 is 0. The molecule has 1 rings (SSSR count). The Bertz CT molecular complexity index is 340. The van der Waals surface area contributed by atoms with Gasteiger partial charge in [-0.15, -0.1) is 0 Å². The van der Waals surface area contributed by atoms with E-state index in [0.717, 1.165) is 0 Å². The zero-order valence-electron chi connectivity index (χ0n) is 8.15. The molecule has 0 bridgehead atoms. The van der Waals surface area contributed by atoms with Crippen LogP contribution in [-0.4, -0.2) is 9.97 Å². The van der Waals surface area contributed by atoms with E-state index in [1.54, 1.807) is 12.1 Å². The summed E-state index contributed by atoms with van der Waals surface area (Å²) in [6, 6.07) is 4.76. The molecule has 1 aromatic rings. The topological polar surface area (TPSA) is 99.4 Å². The number of hydrogen-bond donors (Lipinski definition) is 1. The predicted molar refractivity (Wildman–Crippen MR) is 51.8 cm³/mol. The zero-order valence-corrected chi connectivity index (χ0v) is 8.15. The molecule has 72 valence electrons. The summed E-state index contributed by atoms with van der Waals surface area (Å²) in [7, 11) is 0. The van der Waals surface area contributed by atoms with Crippen molar-refractivity contribution in [2.45, 2.75) is 20.3 Å². The Kier molecular flexibility index (Phi) is 5.41. The Balaban J connectivity index is 0.000000500. The highest BCUT2D eigenvalue weighted by molar-refractivity contribution is 5.37. The highest BCUT2D eigenvalue weighted by atomic mass is 14.9. The van der Waals surface area contributed by atoms with Crippen LogP contribution in [0.2, 0.25) is 0 Å². The molecule has 1 aromatic heterocycles. The van der Waals surface area contributed by atoms with Crippen LogP contribution in [0.4, 0.5) is 5.82 Å². The van der Waals surface area contributed by atoms with Crippen LogP contribution in [0.5, 0.6) is 0 Å². The van der Waals surface area contributed by atoms with Crippen molar-refractivity contribution in [1.82, 2.24) is 9.97 Å². The number of nitrogen functional groups attached to an aromatic ring is 1. The Labute approximate surface area is 82.8 Å². The lowest BCUT2D eigenvalue weighted by Crippen LogP contribution is -1.97. The van der Waals surface area contributed by atoms with Crippen LogP contribution in [0.3, 0.4) is 0 Å². The molecule has 0 amide bonds. The molecule has 0 aliphatic carbocycles. The molecule has 1 heterocycles. The highest BCUT2D eigenvalue weighted by Crippen LogP contribution is 1.99. The summed E-state index contributed by atoms with van der Waals surface area (Å²) in [6.07, 6.45) is 1.25. The molecular formula is C9H11N5. The number of nitrogens with two attached hydrogens (primary N) is 1. The van der Waals surface area contributed by atoms with Crippen molar-refractivity contribution in [3.05, 3.63) is 17.6 Å². The first-order valence-corrected chi connectivity index (χ1v) is 4.12. The third-order valence-corrected chi connectivity index (χ3v) is 0.961. The van der Waals surface area contributed by atoms with Gasteiger partial charge in [0, 0.05) is 6.07 Å². The molecule has 0 aromatic carbocycles. The van der Waals surface area contributed by atoms with E-state index >= 15 is 0 Å². The molecular weight excluding hydrogens is 178 g/mol. The maximum absolute atomic E-state index is 8.38. The van der Waals surface area contributed by atoms with Crippen molar-refractivity contribution in [3.63, 3.8) is 0 Å². The predicted octanol–water partition coefficient (Wildman–Crippen LogP) is 1.22. The third-order valence-electron chi connectivity index (χ3n) is 0.961. The summed E-state index contributed by atoms with van der Waals surface area (Å²) in [4.78, 5) is 7.11. The highest BCUT2D eigenvalue weighted by Gasteiger charge is 1.99. The van der Waals surface area contributed by atoms with Crippen molar-refractivity contribution in [2.24, 2.45) is 0 Å². The van der Waals surface area contributed by atoms with E-state index in [1.165, 1.54) is 12.5 Å². The van der Waals surface area contributed by atoms with E-state index < -0.39 is 0 Å². The second-order valence-electron chi connectivity index (χ2n) is 2.43. The number of anilines is 1. The van der Waals surface area contributed by atoms with Gasteiger partial charge in [-0.1, -0.05) is 20.3 Å². The average Bonchev–Trinajstić information content (AvgIpc) is 2.18. The molecule has 0 unspecified atom stereocenters. The lowest BCUT2D eigenvalue weighted by molar-refractivity contribution is 1.09. The first-order valence-electron chi connectivity index (χ1n) is 4.12. The van der Waals surface area contributed by atoms with Crippen LogP contribution in [-0.2, 0) is 0 Å². The summed E-state index contributed by atoms with van der Waals surface area (Å²) >= 11 is 0. The van der Waals surface area contributed by atoms with Crippen LogP contribution in [0.25, 0.3) is 0 Å². The van der Waals surface area contributed by atoms with E-state index in [2.05, 4.69) is 23.8 Å². The van der Waals surface area contributed by atoms with Gasteiger partial charge in [-0.3, -0.25) is 0 Å². The number of aromatic nitrogens is 2. The fourth-order valence-electron chi connectivity index (χ4n) is 0.573. The minimum absolute atomic E-state index is 0.0819. The van der Waals surface area contributed by atoms with Gasteiger partial charge in [0.1, 0.15) is 23.7 Å². The summed E-state index contributed by atoms with van der Waals surface area (Å²) in [5, 5.41) is 16.7. The summed E-state index contributed by atoms with van der Waals surface area (Å²) in [5.74, 6) is 0.0506. The molecule has 0 fully saturated rings. The van der Waals surface area contributed by atoms with Gasteiger partial charge in [0.2, 0.25) is 5.82 Å². The van der Waals surface area contributed by atoms with Gasteiger partial charge < -0.3 is 5.73 Å². The second-order valence-corrected chi connectivity index (χ2v) is 2.43. The van der Waals surface area contributed by atoms with Gasteiger partial charge in [0.15, 0.2) is 0 Å². The van der Waals surface area contributed by atoms with Crippen molar-refractivity contribution >= 4 is 5.82 Å². The minimum atomic E-state index is -0.0819. The molecule has 0 radical (unpaired) electrons. The minimum Gasteiger partial charge on any atom is -0.384 e. The second kappa shape index (κ2) is 6.38. The third kappa shape index (κ3) is 4.03.